The van der Waals surface area contributed by atoms with Crippen molar-refractivity contribution in [2.75, 3.05) is 13.6 Å². The molecule has 2 aromatic rings. The molecule has 0 aromatic heterocycles. The second kappa shape index (κ2) is 7.29. The standard InChI is InChI=1S/C21H18N2O2S2/c1-22-20(25)18(27-21(22)26)12-14-6-8-16(9-7-14)19(24)23-11-10-15-4-2-3-5-17(15)13-23/h2-9,12H,10-11,13H2,1H3. The Kier molecular flexibility index (Phi) is 4.85. The minimum absolute atomic E-state index is 0.0379. The molecule has 0 atom stereocenters. The maximum Gasteiger partial charge on any atom is 0.265 e. The Morgan fingerprint density at radius 2 is 1.81 bits per heavy atom. The third-order valence-electron chi connectivity index (χ3n) is 4.86. The van der Waals surface area contributed by atoms with Crippen LogP contribution in [0.3, 0.4) is 0 Å². The second-order valence-corrected chi connectivity index (χ2v) is 8.28. The molecule has 1 fully saturated rings. The molecule has 0 spiro atoms. The number of hydrogen-bond acceptors (Lipinski definition) is 4. The van der Waals surface area contributed by atoms with E-state index in [1.807, 2.05) is 47.4 Å². The zero-order valence-electron chi connectivity index (χ0n) is 14.8. The number of benzene rings is 2. The fraction of sp³-hybridized carbons (Fsp3) is 0.190. The first-order chi connectivity index (χ1) is 13.0. The van der Waals surface area contributed by atoms with Gasteiger partial charge in [-0.3, -0.25) is 14.5 Å². The minimum Gasteiger partial charge on any atom is -0.334 e. The van der Waals surface area contributed by atoms with Crippen molar-refractivity contribution in [1.29, 1.82) is 0 Å². The Labute approximate surface area is 167 Å². The predicted molar refractivity (Wildman–Crippen MR) is 112 cm³/mol. The quantitative estimate of drug-likeness (QED) is 0.575. The molecule has 4 nitrogen and oxygen atoms in total. The topological polar surface area (TPSA) is 40.6 Å². The molecule has 2 heterocycles. The molecule has 2 aliphatic heterocycles. The zero-order valence-corrected chi connectivity index (χ0v) is 16.5. The highest BCUT2D eigenvalue weighted by Gasteiger charge is 2.28. The Hall–Kier alpha value is -2.44. The van der Waals surface area contributed by atoms with E-state index < -0.39 is 0 Å². The van der Waals surface area contributed by atoms with Crippen LogP contribution in [0.4, 0.5) is 0 Å². The number of nitrogens with zero attached hydrogens (tertiary/aromatic N) is 2. The number of thiocarbonyl (C=S) groups is 1. The average Bonchev–Trinajstić information content (AvgIpc) is 2.94. The molecule has 0 bridgehead atoms. The lowest BCUT2D eigenvalue weighted by Gasteiger charge is -2.29. The number of likely N-dealkylation sites (N-methyl/N-ethyl adjacent to an activating group) is 1. The van der Waals surface area contributed by atoms with Crippen LogP contribution >= 0.6 is 24.0 Å². The third kappa shape index (κ3) is 3.55. The number of carbonyl (C=O) groups excluding carboxylic acids is 2. The number of carbonyl (C=O) groups is 2. The van der Waals surface area contributed by atoms with E-state index in [2.05, 4.69) is 12.1 Å². The summed E-state index contributed by atoms with van der Waals surface area (Å²) >= 11 is 6.44. The molecule has 0 N–H and O–H groups in total. The molecule has 6 heteroatoms. The van der Waals surface area contributed by atoms with E-state index in [0.29, 0.717) is 21.3 Å². The van der Waals surface area contributed by atoms with Crippen LogP contribution in [0, 0.1) is 0 Å². The molecule has 2 amide bonds. The van der Waals surface area contributed by atoms with Crippen molar-refractivity contribution in [2.45, 2.75) is 13.0 Å². The first-order valence-corrected chi connectivity index (χ1v) is 9.93. The highest BCUT2D eigenvalue weighted by atomic mass is 32.2. The van der Waals surface area contributed by atoms with E-state index in [9.17, 15) is 9.59 Å². The van der Waals surface area contributed by atoms with Gasteiger partial charge >= 0.3 is 0 Å². The Balaban J connectivity index is 1.49. The lowest BCUT2D eigenvalue weighted by molar-refractivity contribution is -0.121. The highest BCUT2D eigenvalue weighted by Crippen LogP contribution is 2.31. The summed E-state index contributed by atoms with van der Waals surface area (Å²) in [5.41, 5.74) is 4.08. The van der Waals surface area contributed by atoms with Crippen molar-refractivity contribution in [1.82, 2.24) is 9.80 Å². The van der Waals surface area contributed by atoms with Crippen molar-refractivity contribution >= 4 is 46.2 Å². The summed E-state index contributed by atoms with van der Waals surface area (Å²) in [4.78, 5) is 28.9. The van der Waals surface area contributed by atoms with Gasteiger partial charge in [0.25, 0.3) is 11.8 Å². The zero-order chi connectivity index (χ0) is 19.0. The van der Waals surface area contributed by atoms with E-state index in [4.69, 9.17) is 12.2 Å². The molecule has 0 radical (unpaired) electrons. The van der Waals surface area contributed by atoms with Crippen LogP contribution in [0.2, 0.25) is 0 Å². The summed E-state index contributed by atoms with van der Waals surface area (Å²) in [6, 6.07) is 15.7. The number of hydrogen-bond donors (Lipinski definition) is 0. The van der Waals surface area contributed by atoms with Gasteiger partial charge in [0.05, 0.1) is 4.91 Å². The summed E-state index contributed by atoms with van der Waals surface area (Å²) in [5.74, 6) is -0.0481. The first-order valence-electron chi connectivity index (χ1n) is 8.70. The van der Waals surface area contributed by atoms with Crippen molar-refractivity contribution < 1.29 is 9.59 Å². The van der Waals surface area contributed by atoms with Gasteiger partial charge in [-0.2, -0.15) is 0 Å². The van der Waals surface area contributed by atoms with Crippen LogP contribution in [-0.2, 0) is 17.8 Å². The van der Waals surface area contributed by atoms with E-state index >= 15 is 0 Å². The number of thioether (sulfide) groups is 1. The van der Waals surface area contributed by atoms with Gasteiger partial charge in [-0.05, 0) is 41.3 Å². The van der Waals surface area contributed by atoms with Crippen LogP contribution in [0.25, 0.3) is 6.08 Å². The van der Waals surface area contributed by atoms with Gasteiger partial charge in [-0.1, -0.05) is 60.4 Å². The van der Waals surface area contributed by atoms with Gasteiger partial charge in [0, 0.05) is 25.7 Å². The maximum absolute atomic E-state index is 12.8. The Bertz CT molecular complexity index is 966. The van der Waals surface area contributed by atoms with Crippen molar-refractivity contribution in [3.63, 3.8) is 0 Å². The summed E-state index contributed by atoms with van der Waals surface area (Å²) in [6.45, 7) is 1.38. The lowest BCUT2D eigenvalue weighted by atomic mass is 9.99. The fourth-order valence-corrected chi connectivity index (χ4v) is 4.45. The molecular formula is C21H18N2O2S2. The molecule has 136 valence electrons. The minimum atomic E-state index is -0.0860. The molecule has 1 saturated heterocycles. The van der Waals surface area contributed by atoms with Gasteiger partial charge in [-0.15, -0.1) is 0 Å². The molecule has 0 aliphatic carbocycles. The van der Waals surface area contributed by atoms with E-state index in [-0.39, 0.29) is 11.8 Å². The Morgan fingerprint density at radius 3 is 2.48 bits per heavy atom. The summed E-state index contributed by atoms with van der Waals surface area (Å²) < 4.78 is 0.559. The fourth-order valence-electron chi connectivity index (χ4n) is 3.27. The molecule has 0 unspecified atom stereocenters. The van der Waals surface area contributed by atoms with Crippen LogP contribution in [0.15, 0.2) is 53.4 Å². The van der Waals surface area contributed by atoms with Crippen LogP contribution < -0.4 is 0 Å². The van der Waals surface area contributed by atoms with Crippen molar-refractivity contribution in [3.05, 3.63) is 75.7 Å². The van der Waals surface area contributed by atoms with Gasteiger partial charge < -0.3 is 4.90 Å². The number of fused-ring (bicyclic) bond motifs is 1. The normalized spacial score (nSPS) is 18.2. The predicted octanol–water partition coefficient (Wildman–Crippen LogP) is 3.72. The van der Waals surface area contributed by atoms with E-state index in [1.165, 1.54) is 27.8 Å². The van der Waals surface area contributed by atoms with Gasteiger partial charge in [0.1, 0.15) is 4.32 Å². The largest absolute Gasteiger partial charge is 0.334 e. The smallest absolute Gasteiger partial charge is 0.265 e. The first kappa shape index (κ1) is 17.9. The summed E-state index contributed by atoms with van der Waals surface area (Å²) in [6.07, 6.45) is 2.70. The number of rotatable bonds is 2. The molecule has 2 aromatic carbocycles. The van der Waals surface area contributed by atoms with Crippen LogP contribution in [-0.4, -0.2) is 39.5 Å². The van der Waals surface area contributed by atoms with Crippen molar-refractivity contribution in [3.8, 4) is 0 Å². The molecule has 4 rings (SSSR count). The summed E-state index contributed by atoms with van der Waals surface area (Å²) in [5, 5.41) is 0. The summed E-state index contributed by atoms with van der Waals surface area (Å²) in [7, 11) is 1.68. The van der Waals surface area contributed by atoms with Crippen LogP contribution in [0.5, 0.6) is 0 Å². The number of amides is 2. The molecule has 2 aliphatic rings. The Morgan fingerprint density at radius 1 is 1.11 bits per heavy atom. The van der Waals surface area contributed by atoms with Gasteiger partial charge in [0.2, 0.25) is 0 Å². The van der Waals surface area contributed by atoms with E-state index in [0.717, 1.165) is 18.5 Å². The molecular weight excluding hydrogens is 376 g/mol. The van der Waals surface area contributed by atoms with Gasteiger partial charge in [0.15, 0.2) is 0 Å². The third-order valence-corrected chi connectivity index (χ3v) is 6.34. The maximum atomic E-state index is 12.8. The lowest BCUT2D eigenvalue weighted by Crippen LogP contribution is -2.35. The molecule has 0 saturated carbocycles. The second-order valence-electron chi connectivity index (χ2n) is 6.61. The van der Waals surface area contributed by atoms with Crippen LogP contribution in [0.1, 0.15) is 27.0 Å². The average molecular weight is 395 g/mol. The SMILES string of the molecule is CN1C(=O)C(=Cc2ccc(C(=O)N3CCc4ccccc4C3)cc2)SC1=S. The van der Waals surface area contributed by atoms with E-state index in [1.54, 1.807) is 7.05 Å². The van der Waals surface area contributed by atoms with Gasteiger partial charge in [-0.25, -0.2) is 0 Å². The molecule has 27 heavy (non-hydrogen) atoms. The monoisotopic (exact) mass is 394 g/mol. The van der Waals surface area contributed by atoms with Crippen molar-refractivity contribution in [2.24, 2.45) is 0 Å². The highest BCUT2D eigenvalue weighted by molar-refractivity contribution is 8.26.